The quantitative estimate of drug-likeness (QED) is 0.658. The second kappa shape index (κ2) is 5.95. The zero-order valence-corrected chi connectivity index (χ0v) is 11.8. The highest BCUT2D eigenvalue weighted by Crippen LogP contribution is 2.28. The van der Waals surface area contributed by atoms with Crippen LogP contribution in [0.15, 0.2) is 12.1 Å². The Kier molecular flexibility index (Phi) is 4.84. The van der Waals surface area contributed by atoms with Crippen molar-refractivity contribution in [2.45, 2.75) is 26.8 Å². The van der Waals surface area contributed by atoms with Gasteiger partial charge in [0.15, 0.2) is 0 Å². The summed E-state index contributed by atoms with van der Waals surface area (Å²) in [7, 11) is -0.929. The number of hydrogen-bond donors (Lipinski definition) is 1. The van der Waals surface area contributed by atoms with Gasteiger partial charge in [-0.2, -0.15) is 0 Å². The Morgan fingerprint density at radius 2 is 1.94 bits per heavy atom. The first-order valence-corrected chi connectivity index (χ1v) is 7.36. The minimum atomic E-state index is -0.929. The van der Waals surface area contributed by atoms with E-state index < -0.39 is 15.7 Å². The molecule has 18 heavy (non-hydrogen) atoms. The lowest BCUT2D eigenvalue weighted by molar-refractivity contribution is -0.384. The molecule has 0 radical (unpaired) electrons. The van der Waals surface area contributed by atoms with Gasteiger partial charge in [-0.15, -0.1) is 0 Å². The van der Waals surface area contributed by atoms with Gasteiger partial charge in [-0.1, -0.05) is 0 Å². The minimum absolute atomic E-state index is 0.0619. The fraction of sp³-hybridized carbons (Fsp3) is 0.500. The molecule has 0 aliphatic carbocycles. The molecule has 5 nitrogen and oxygen atoms in total. The van der Waals surface area contributed by atoms with Crippen LogP contribution in [0.4, 0.5) is 11.4 Å². The molecule has 0 aromatic heterocycles. The maximum Gasteiger partial charge on any atom is 0.292 e. The molecule has 1 rings (SSSR count). The maximum atomic E-state index is 11.1. The third kappa shape index (κ3) is 3.80. The first-order valence-electron chi connectivity index (χ1n) is 5.63. The van der Waals surface area contributed by atoms with Gasteiger partial charge < -0.3 is 5.32 Å². The van der Waals surface area contributed by atoms with Crippen LogP contribution in [0.2, 0.25) is 0 Å². The lowest BCUT2D eigenvalue weighted by Gasteiger charge is -2.15. The van der Waals surface area contributed by atoms with Crippen LogP contribution < -0.4 is 5.32 Å². The fourth-order valence-electron chi connectivity index (χ4n) is 1.73. The monoisotopic (exact) mass is 270 g/mol. The highest BCUT2D eigenvalue weighted by Gasteiger charge is 2.17. The summed E-state index contributed by atoms with van der Waals surface area (Å²) in [4.78, 5) is 10.6. The van der Waals surface area contributed by atoms with Gasteiger partial charge in [0.1, 0.15) is 5.69 Å². The largest absolute Gasteiger partial charge is 0.376 e. The lowest BCUT2D eigenvalue weighted by atomic mass is 10.1. The van der Waals surface area contributed by atoms with E-state index in [9.17, 15) is 14.3 Å². The van der Waals surface area contributed by atoms with Gasteiger partial charge in [0.05, 0.1) is 4.92 Å². The Morgan fingerprint density at radius 1 is 1.39 bits per heavy atom. The number of nitro benzene ring substituents is 1. The van der Waals surface area contributed by atoms with Crippen molar-refractivity contribution in [2.75, 3.05) is 17.3 Å². The molecule has 0 bridgehead atoms. The second-order valence-electron chi connectivity index (χ2n) is 4.50. The number of nitro groups is 1. The average molecular weight is 270 g/mol. The highest BCUT2D eigenvalue weighted by atomic mass is 32.2. The number of rotatable bonds is 5. The van der Waals surface area contributed by atoms with Crippen molar-refractivity contribution >= 4 is 22.2 Å². The molecule has 0 heterocycles. The molecule has 0 saturated heterocycles. The molecule has 0 amide bonds. The summed E-state index contributed by atoms with van der Waals surface area (Å²) < 4.78 is 11.1. The van der Waals surface area contributed by atoms with Crippen LogP contribution in [0, 0.1) is 24.0 Å². The number of nitrogens with one attached hydrogen (secondary N) is 1. The van der Waals surface area contributed by atoms with E-state index in [1.807, 2.05) is 20.8 Å². The van der Waals surface area contributed by atoms with Crippen LogP contribution in [-0.4, -0.2) is 27.2 Å². The smallest absolute Gasteiger partial charge is 0.292 e. The van der Waals surface area contributed by atoms with Crippen LogP contribution in [0.3, 0.4) is 0 Å². The van der Waals surface area contributed by atoms with Crippen molar-refractivity contribution in [3.05, 3.63) is 33.4 Å². The normalized spacial score (nSPS) is 14.0. The topological polar surface area (TPSA) is 72.2 Å². The van der Waals surface area contributed by atoms with Gasteiger partial charge in [0.25, 0.3) is 5.69 Å². The SMILES string of the molecule is Cc1cc(NC(C)CS(C)=O)c([N+](=O)[O-])cc1C. The van der Waals surface area contributed by atoms with Crippen LogP contribution in [0.1, 0.15) is 18.1 Å². The summed E-state index contributed by atoms with van der Waals surface area (Å²) >= 11 is 0. The second-order valence-corrected chi connectivity index (χ2v) is 5.98. The molecule has 100 valence electrons. The lowest BCUT2D eigenvalue weighted by Crippen LogP contribution is -2.22. The van der Waals surface area contributed by atoms with Crippen LogP contribution in [0.5, 0.6) is 0 Å². The van der Waals surface area contributed by atoms with Gasteiger partial charge in [-0.05, 0) is 38.0 Å². The number of aryl methyl sites for hydroxylation is 2. The number of nitrogens with zero attached hydrogens (tertiary/aromatic N) is 1. The molecule has 1 aromatic rings. The summed E-state index contributed by atoms with van der Waals surface area (Å²) in [6, 6.07) is 3.26. The van der Waals surface area contributed by atoms with Gasteiger partial charge in [-0.3, -0.25) is 14.3 Å². The summed E-state index contributed by atoms with van der Waals surface area (Å²) in [6.45, 7) is 5.61. The summed E-state index contributed by atoms with van der Waals surface area (Å²) in [5.41, 5.74) is 2.43. The van der Waals surface area contributed by atoms with Gasteiger partial charge in [-0.25, -0.2) is 0 Å². The van der Waals surface area contributed by atoms with E-state index >= 15 is 0 Å². The molecule has 2 unspecified atom stereocenters. The van der Waals surface area contributed by atoms with Crippen LogP contribution in [0.25, 0.3) is 0 Å². The predicted octanol–water partition coefficient (Wildman–Crippen LogP) is 2.39. The summed E-state index contributed by atoms with van der Waals surface area (Å²) in [6.07, 6.45) is 1.62. The zero-order chi connectivity index (χ0) is 13.9. The van der Waals surface area contributed by atoms with E-state index in [0.29, 0.717) is 11.4 Å². The van der Waals surface area contributed by atoms with Crippen LogP contribution >= 0.6 is 0 Å². The molecular weight excluding hydrogens is 252 g/mol. The molecule has 1 N–H and O–H groups in total. The van der Waals surface area contributed by atoms with E-state index in [4.69, 9.17) is 0 Å². The third-order valence-electron chi connectivity index (χ3n) is 2.70. The zero-order valence-electron chi connectivity index (χ0n) is 11.0. The van der Waals surface area contributed by atoms with Gasteiger partial charge in [0.2, 0.25) is 0 Å². The van der Waals surface area contributed by atoms with Crippen molar-refractivity contribution in [1.82, 2.24) is 0 Å². The van der Waals surface area contributed by atoms with Gasteiger partial charge in [0, 0.05) is 34.9 Å². The summed E-state index contributed by atoms with van der Waals surface area (Å²) in [5, 5.41) is 14.1. The Morgan fingerprint density at radius 3 is 2.44 bits per heavy atom. The van der Waals surface area contributed by atoms with Crippen molar-refractivity contribution in [2.24, 2.45) is 0 Å². The van der Waals surface area contributed by atoms with Crippen molar-refractivity contribution in [1.29, 1.82) is 0 Å². The van der Waals surface area contributed by atoms with Gasteiger partial charge >= 0.3 is 0 Å². The van der Waals surface area contributed by atoms with Crippen molar-refractivity contribution in [3.63, 3.8) is 0 Å². The standard InChI is InChI=1S/C12H18N2O3S/c1-8-5-11(13-10(3)7-18(4)17)12(14(15)16)6-9(8)2/h5-6,10,13H,7H2,1-4H3. The van der Waals surface area contributed by atoms with Crippen molar-refractivity contribution in [3.8, 4) is 0 Å². The highest BCUT2D eigenvalue weighted by molar-refractivity contribution is 7.84. The molecular formula is C12H18N2O3S. The molecule has 1 aromatic carbocycles. The fourth-order valence-corrected chi connectivity index (χ4v) is 2.51. The summed E-state index contributed by atoms with van der Waals surface area (Å²) in [5.74, 6) is 0.462. The Labute approximate surface area is 109 Å². The molecule has 0 fully saturated rings. The number of anilines is 1. The van der Waals surface area contributed by atoms with E-state index in [1.54, 1.807) is 18.4 Å². The predicted molar refractivity (Wildman–Crippen MR) is 74.6 cm³/mol. The van der Waals surface area contributed by atoms with E-state index in [2.05, 4.69) is 5.32 Å². The van der Waals surface area contributed by atoms with E-state index in [1.165, 1.54) is 0 Å². The first-order chi connectivity index (χ1) is 8.31. The first kappa shape index (κ1) is 14.6. The molecule has 0 spiro atoms. The van der Waals surface area contributed by atoms with E-state index in [-0.39, 0.29) is 11.7 Å². The maximum absolute atomic E-state index is 11.1. The molecule has 0 aliphatic rings. The van der Waals surface area contributed by atoms with Crippen LogP contribution in [-0.2, 0) is 10.8 Å². The number of benzene rings is 1. The molecule has 2 atom stereocenters. The molecule has 6 heteroatoms. The molecule has 0 saturated carbocycles. The van der Waals surface area contributed by atoms with E-state index in [0.717, 1.165) is 11.1 Å². The average Bonchev–Trinajstić information content (AvgIpc) is 2.21. The Bertz CT molecular complexity index is 488. The number of hydrogen-bond acceptors (Lipinski definition) is 4. The van der Waals surface area contributed by atoms with Crippen molar-refractivity contribution < 1.29 is 9.13 Å². The molecule has 0 aliphatic heterocycles. The Hall–Kier alpha value is -1.43. The Balaban J connectivity index is 3.03. The minimum Gasteiger partial charge on any atom is -0.376 e. The third-order valence-corrected chi connectivity index (χ3v) is 3.66.